The zero-order valence-electron chi connectivity index (χ0n) is 8.22. The van der Waals surface area contributed by atoms with Crippen LogP contribution in [0.5, 0.6) is 0 Å². The Balaban J connectivity index is 2.33. The summed E-state index contributed by atoms with van der Waals surface area (Å²) in [4.78, 5) is 8.49. The van der Waals surface area contributed by atoms with E-state index in [1.54, 1.807) is 0 Å². The van der Waals surface area contributed by atoms with Crippen molar-refractivity contribution in [1.82, 2.24) is 9.80 Å². The molecule has 72 valence electrons. The normalized spacial score (nSPS) is 28.6. The molecule has 2 rings (SSSR count). The van der Waals surface area contributed by atoms with Crippen LogP contribution in [0.3, 0.4) is 0 Å². The van der Waals surface area contributed by atoms with Gasteiger partial charge in [0.25, 0.3) is 0 Å². The van der Waals surface area contributed by atoms with Crippen molar-refractivity contribution in [2.24, 2.45) is 4.99 Å². The first-order chi connectivity index (χ1) is 6.77. The van der Waals surface area contributed by atoms with Crippen molar-refractivity contribution >= 4 is 5.96 Å². The van der Waals surface area contributed by atoms with Crippen LogP contribution in [0, 0.1) is 0 Å². The molecule has 0 fully saturated rings. The molecule has 2 aliphatic heterocycles. The molecule has 14 heavy (non-hydrogen) atoms. The second-order valence-corrected chi connectivity index (χ2v) is 3.25. The van der Waals surface area contributed by atoms with E-state index >= 15 is 0 Å². The fraction of sp³-hybridized carbons (Fsp3) is 0.182. The molecule has 0 radical (unpaired) electrons. The maximum Gasteiger partial charge on any atom is 0.210 e. The van der Waals surface area contributed by atoms with Crippen LogP contribution in [0.4, 0.5) is 0 Å². The van der Waals surface area contributed by atoms with Crippen LogP contribution in [-0.2, 0) is 0 Å². The van der Waals surface area contributed by atoms with Gasteiger partial charge in [-0.3, -0.25) is 0 Å². The maximum atomic E-state index is 4.42. The third-order valence-corrected chi connectivity index (χ3v) is 2.12. The minimum atomic E-state index is 0.770. The van der Waals surface area contributed by atoms with E-state index in [4.69, 9.17) is 0 Å². The van der Waals surface area contributed by atoms with Gasteiger partial charge in [-0.05, 0) is 6.08 Å². The van der Waals surface area contributed by atoms with Crippen LogP contribution in [-0.4, -0.2) is 29.4 Å². The Hall–Kier alpha value is -1.77. The van der Waals surface area contributed by atoms with Gasteiger partial charge in [0.15, 0.2) is 0 Å². The summed E-state index contributed by atoms with van der Waals surface area (Å²) in [6.45, 7) is 4.71. The highest BCUT2D eigenvalue weighted by atomic mass is 15.4. The van der Waals surface area contributed by atoms with Crippen molar-refractivity contribution in [3.63, 3.8) is 0 Å². The van der Waals surface area contributed by atoms with Crippen LogP contribution in [0.25, 0.3) is 0 Å². The Morgan fingerprint density at radius 3 is 3.07 bits per heavy atom. The average Bonchev–Trinajstić information content (AvgIpc) is 2.52. The fourth-order valence-electron chi connectivity index (χ4n) is 1.39. The Bertz CT molecular complexity index is 361. The van der Waals surface area contributed by atoms with Gasteiger partial charge in [0.1, 0.15) is 0 Å². The van der Waals surface area contributed by atoms with Gasteiger partial charge in [0.05, 0.1) is 5.70 Å². The molecule has 0 atom stereocenters. The molecule has 0 aromatic rings. The van der Waals surface area contributed by atoms with Crippen LogP contribution in [0.15, 0.2) is 54.0 Å². The van der Waals surface area contributed by atoms with Gasteiger partial charge < -0.3 is 9.80 Å². The third kappa shape index (κ3) is 1.62. The summed E-state index contributed by atoms with van der Waals surface area (Å²) in [7, 11) is 1.98. The van der Waals surface area contributed by atoms with Crippen LogP contribution in [0.1, 0.15) is 0 Å². The molecule has 0 aromatic carbocycles. The quantitative estimate of drug-likeness (QED) is 0.575. The number of aliphatic imine (C=N–C) groups is 1. The van der Waals surface area contributed by atoms with Gasteiger partial charge >= 0.3 is 0 Å². The summed E-state index contributed by atoms with van der Waals surface area (Å²) < 4.78 is 0. The minimum Gasteiger partial charge on any atom is -0.320 e. The van der Waals surface area contributed by atoms with Crippen molar-refractivity contribution < 1.29 is 0 Å². The smallest absolute Gasteiger partial charge is 0.210 e. The molecule has 2 aliphatic rings. The van der Waals surface area contributed by atoms with Gasteiger partial charge in [0, 0.05) is 26.0 Å². The van der Waals surface area contributed by atoms with E-state index in [2.05, 4.69) is 22.5 Å². The van der Waals surface area contributed by atoms with Crippen LogP contribution in [0.2, 0.25) is 0 Å². The maximum absolute atomic E-state index is 4.42. The van der Waals surface area contributed by atoms with Crippen molar-refractivity contribution in [3.05, 3.63) is 49.0 Å². The Morgan fingerprint density at radius 2 is 2.21 bits per heavy atom. The Kier molecular flexibility index (Phi) is 2.23. The zero-order chi connectivity index (χ0) is 9.97. The first kappa shape index (κ1) is 8.81. The van der Waals surface area contributed by atoms with Crippen LogP contribution < -0.4 is 0 Å². The highest BCUT2D eigenvalue weighted by Crippen LogP contribution is 2.11. The second kappa shape index (κ2) is 3.54. The summed E-state index contributed by atoms with van der Waals surface area (Å²) in [5, 5.41) is 0. The zero-order valence-corrected chi connectivity index (χ0v) is 8.22. The molecule has 3 heteroatoms. The second-order valence-electron chi connectivity index (χ2n) is 3.25. The highest BCUT2D eigenvalue weighted by molar-refractivity contribution is 5.85. The average molecular weight is 187 g/mol. The molecule has 0 bridgehead atoms. The topological polar surface area (TPSA) is 18.8 Å². The number of hydrogen-bond donors (Lipinski definition) is 0. The van der Waals surface area contributed by atoms with E-state index in [1.807, 2.05) is 42.6 Å². The SMILES string of the molecule is C=C1/C=C\C=C/CN2C=CN(C)/C2=N/1. The molecule has 0 saturated carbocycles. The van der Waals surface area contributed by atoms with Gasteiger partial charge in [-0.1, -0.05) is 24.8 Å². The summed E-state index contributed by atoms with van der Waals surface area (Å²) in [6.07, 6.45) is 12.0. The number of rotatable bonds is 0. The van der Waals surface area contributed by atoms with Gasteiger partial charge in [-0.25, -0.2) is 4.99 Å². The number of nitrogens with zero attached hydrogens (tertiary/aromatic N) is 3. The van der Waals surface area contributed by atoms with E-state index in [0.717, 1.165) is 18.2 Å². The van der Waals surface area contributed by atoms with Crippen molar-refractivity contribution in [2.45, 2.75) is 0 Å². The van der Waals surface area contributed by atoms with Crippen molar-refractivity contribution in [2.75, 3.05) is 13.6 Å². The molecule has 0 unspecified atom stereocenters. The largest absolute Gasteiger partial charge is 0.320 e. The van der Waals surface area contributed by atoms with E-state index in [-0.39, 0.29) is 0 Å². The molecule has 0 saturated heterocycles. The van der Waals surface area contributed by atoms with Gasteiger partial charge in [0.2, 0.25) is 5.96 Å². The van der Waals surface area contributed by atoms with E-state index < -0.39 is 0 Å². The van der Waals surface area contributed by atoms with Gasteiger partial charge in [-0.15, -0.1) is 0 Å². The van der Waals surface area contributed by atoms with E-state index in [1.165, 1.54) is 0 Å². The first-order valence-electron chi connectivity index (χ1n) is 4.56. The highest BCUT2D eigenvalue weighted by Gasteiger charge is 2.17. The lowest BCUT2D eigenvalue weighted by molar-refractivity contribution is 0.568. The molecule has 0 amide bonds. The summed E-state index contributed by atoms with van der Waals surface area (Å²) in [6, 6.07) is 0. The number of allylic oxidation sites excluding steroid dienone is 3. The lowest BCUT2D eigenvalue weighted by atomic mass is 10.4. The molecular weight excluding hydrogens is 174 g/mol. The number of hydrogen-bond acceptors (Lipinski definition) is 3. The van der Waals surface area contributed by atoms with Gasteiger partial charge in [-0.2, -0.15) is 0 Å². The third-order valence-electron chi connectivity index (χ3n) is 2.12. The van der Waals surface area contributed by atoms with Crippen molar-refractivity contribution in [3.8, 4) is 0 Å². The molecule has 0 spiro atoms. The Morgan fingerprint density at radius 1 is 1.36 bits per heavy atom. The lowest BCUT2D eigenvalue weighted by Crippen LogP contribution is -2.31. The molecule has 0 N–H and O–H groups in total. The summed E-state index contributed by atoms with van der Waals surface area (Å²) >= 11 is 0. The molecule has 0 aromatic heterocycles. The standard InChI is InChI=1S/C11H13N3/c1-10-6-4-3-5-7-14-9-8-13(2)11(14)12-10/h3-6,8-9H,1,7H2,2H3/b5-3-,6-4-,12-11-. The predicted octanol–water partition coefficient (Wildman–Crippen LogP) is 1.70. The molecule has 3 nitrogen and oxygen atoms in total. The molecule has 2 heterocycles. The number of fused-ring (bicyclic) bond motifs is 1. The fourth-order valence-corrected chi connectivity index (χ4v) is 1.39. The molecule has 0 aliphatic carbocycles. The number of guanidine groups is 1. The lowest BCUT2D eigenvalue weighted by Gasteiger charge is -2.18. The monoisotopic (exact) mass is 187 g/mol. The Labute approximate surface area is 84.0 Å². The molecular formula is C11H13N3. The minimum absolute atomic E-state index is 0.770. The summed E-state index contributed by atoms with van der Waals surface area (Å²) in [5.74, 6) is 0.922. The van der Waals surface area contributed by atoms with Crippen LogP contribution >= 0.6 is 0 Å². The van der Waals surface area contributed by atoms with Crippen molar-refractivity contribution in [1.29, 1.82) is 0 Å². The first-order valence-corrected chi connectivity index (χ1v) is 4.56. The van der Waals surface area contributed by atoms with E-state index in [0.29, 0.717) is 0 Å². The summed E-state index contributed by atoms with van der Waals surface area (Å²) in [5.41, 5.74) is 0.770. The van der Waals surface area contributed by atoms with E-state index in [9.17, 15) is 0 Å². The predicted molar refractivity (Wildman–Crippen MR) is 58.5 cm³/mol.